The van der Waals surface area contributed by atoms with E-state index in [1.807, 2.05) is 25.1 Å². The number of para-hydroxylation sites is 1. The molecule has 0 atom stereocenters. The summed E-state index contributed by atoms with van der Waals surface area (Å²) in [5.74, 6) is -0.00132. The Hall–Kier alpha value is -1.88. The van der Waals surface area contributed by atoms with Crippen LogP contribution in [0.1, 0.15) is 39.8 Å². The monoisotopic (exact) mass is 305 g/mol. The van der Waals surface area contributed by atoms with Gasteiger partial charge >= 0.3 is 5.97 Å². The van der Waals surface area contributed by atoms with Crippen molar-refractivity contribution in [3.05, 3.63) is 45.4 Å². The van der Waals surface area contributed by atoms with Crippen LogP contribution in [0.4, 0.5) is 0 Å². The van der Waals surface area contributed by atoms with Crippen LogP contribution >= 0.6 is 11.3 Å². The number of benzene rings is 1. The van der Waals surface area contributed by atoms with E-state index in [2.05, 4.69) is 18.0 Å². The smallest absolute Gasteiger partial charge is 0.347 e. The van der Waals surface area contributed by atoms with E-state index >= 15 is 0 Å². The topological polar surface area (TPSA) is 59.4 Å². The van der Waals surface area contributed by atoms with Crippen molar-refractivity contribution < 1.29 is 14.6 Å². The Morgan fingerprint density at radius 1 is 1.29 bits per heavy atom. The fourth-order valence-electron chi connectivity index (χ4n) is 2.10. The first-order chi connectivity index (χ1) is 10.2. The van der Waals surface area contributed by atoms with Gasteiger partial charge in [0, 0.05) is 6.42 Å². The normalized spacial score (nSPS) is 10.6. The van der Waals surface area contributed by atoms with Gasteiger partial charge in [0.1, 0.15) is 10.6 Å². The molecule has 0 aliphatic carbocycles. The van der Waals surface area contributed by atoms with E-state index < -0.39 is 5.97 Å². The van der Waals surface area contributed by atoms with E-state index in [1.165, 1.54) is 16.9 Å². The van der Waals surface area contributed by atoms with Crippen LogP contribution in [0, 0.1) is 0 Å². The quantitative estimate of drug-likeness (QED) is 0.849. The third-order valence-corrected chi connectivity index (χ3v) is 4.34. The highest BCUT2D eigenvalue weighted by atomic mass is 32.1. The van der Waals surface area contributed by atoms with Crippen LogP contribution in [0.15, 0.2) is 24.3 Å². The van der Waals surface area contributed by atoms with Crippen LogP contribution in [-0.2, 0) is 19.3 Å². The molecule has 1 N–H and O–H groups in total. The minimum absolute atomic E-state index is 0.349. The van der Waals surface area contributed by atoms with E-state index in [-0.39, 0.29) is 0 Å². The fourth-order valence-corrected chi connectivity index (χ4v) is 3.07. The van der Waals surface area contributed by atoms with Crippen molar-refractivity contribution in [2.45, 2.75) is 33.1 Å². The van der Waals surface area contributed by atoms with Crippen molar-refractivity contribution in [1.29, 1.82) is 0 Å². The average Bonchev–Trinajstić information content (AvgIpc) is 2.91. The molecular formula is C16H19NO3S. The van der Waals surface area contributed by atoms with Gasteiger partial charge in [-0.25, -0.2) is 9.78 Å². The number of rotatable bonds is 7. The molecule has 0 aliphatic heterocycles. The van der Waals surface area contributed by atoms with E-state index in [9.17, 15) is 4.79 Å². The molecule has 1 heterocycles. The molecule has 0 aliphatic rings. The molecule has 1 aromatic carbocycles. The molecule has 5 heteroatoms. The van der Waals surface area contributed by atoms with Crippen LogP contribution in [0.3, 0.4) is 0 Å². The number of aromatic carboxylic acids is 1. The lowest BCUT2D eigenvalue weighted by Crippen LogP contribution is -2.03. The number of ether oxygens (including phenoxy) is 1. The molecule has 0 spiro atoms. The van der Waals surface area contributed by atoms with Gasteiger partial charge in [-0.3, -0.25) is 0 Å². The molecule has 1 aromatic heterocycles. The van der Waals surface area contributed by atoms with Crippen molar-refractivity contribution in [2.75, 3.05) is 6.61 Å². The zero-order valence-electron chi connectivity index (χ0n) is 12.3. The van der Waals surface area contributed by atoms with Crippen molar-refractivity contribution in [1.82, 2.24) is 4.98 Å². The highest BCUT2D eigenvalue weighted by Crippen LogP contribution is 2.21. The summed E-state index contributed by atoms with van der Waals surface area (Å²) in [5, 5.41) is 9.94. The van der Waals surface area contributed by atoms with Crippen molar-refractivity contribution in [3.63, 3.8) is 0 Å². The predicted octanol–water partition coefficient (Wildman–Crippen LogP) is 3.59. The van der Waals surface area contributed by atoms with Crippen LogP contribution < -0.4 is 4.74 Å². The minimum atomic E-state index is -0.896. The molecule has 2 aromatic rings. The second-order valence-electron chi connectivity index (χ2n) is 4.60. The lowest BCUT2D eigenvalue weighted by atomic mass is 10.1. The molecule has 0 saturated heterocycles. The summed E-state index contributed by atoms with van der Waals surface area (Å²) in [6, 6.07) is 7.96. The number of hydrogen-bond acceptors (Lipinski definition) is 4. The lowest BCUT2D eigenvalue weighted by Gasteiger charge is -2.09. The summed E-state index contributed by atoms with van der Waals surface area (Å²) in [4.78, 5) is 15.8. The Balaban J connectivity index is 1.99. The molecule has 0 bridgehead atoms. The van der Waals surface area contributed by atoms with Crippen molar-refractivity contribution >= 4 is 17.3 Å². The highest BCUT2D eigenvalue weighted by molar-refractivity contribution is 7.13. The van der Waals surface area contributed by atoms with Crippen LogP contribution in [0.5, 0.6) is 5.75 Å². The highest BCUT2D eigenvalue weighted by Gasteiger charge is 2.15. The first-order valence-electron chi connectivity index (χ1n) is 7.08. The molecule has 0 amide bonds. The lowest BCUT2D eigenvalue weighted by molar-refractivity contribution is 0.0701. The zero-order valence-corrected chi connectivity index (χ0v) is 13.1. The van der Waals surface area contributed by atoms with Crippen LogP contribution in [-0.4, -0.2) is 22.7 Å². The van der Waals surface area contributed by atoms with Gasteiger partial charge in [-0.15, -0.1) is 11.3 Å². The third kappa shape index (κ3) is 3.82. The molecule has 0 unspecified atom stereocenters. The molecular weight excluding hydrogens is 286 g/mol. The molecule has 0 saturated carbocycles. The molecule has 0 fully saturated rings. The minimum Gasteiger partial charge on any atom is -0.493 e. The second kappa shape index (κ2) is 7.22. The molecule has 0 radical (unpaired) electrons. The Morgan fingerprint density at radius 3 is 2.67 bits per heavy atom. The van der Waals surface area contributed by atoms with E-state index in [0.717, 1.165) is 17.2 Å². The average molecular weight is 305 g/mol. The fraction of sp³-hybridized carbons (Fsp3) is 0.375. The summed E-state index contributed by atoms with van der Waals surface area (Å²) in [5.41, 5.74) is 1.84. The first-order valence-corrected chi connectivity index (χ1v) is 7.89. The number of carboxylic acid groups (broad SMARTS) is 1. The van der Waals surface area contributed by atoms with Gasteiger partial charge in [0.2, 0.25) is 0 Å². The van der Waals surface area contributed by atoms with Gasteiger partial charge in [0.05, 0.1) is 17.3 Å². The third-order valence-electron chi connectivity index (χ3n) is 3.20. The Bertz CT molecular complexity index is 622. The zero-order chi connectivity index (χ0) is 15.2. The summed E-state index contributed by atoms with van der Waals surface area (Å²) in [7, 11) is 0. The molecule has 2 rings (SSSR count). The summed E-state index contributed by atoms with van der Waals surface area (Å²) < 4.78 is 5.79. The van der Waals surface area contributed by atoms with E-state index in [1.54, 1.807) is 0 Å². The Labute approximate surface area is 128 Å². The van der Waals surface area contributed by atoms with Gasteiger partial charge in [-0.1, -0.05) is 32.0 Å². The Morgan fingerprint density at radius 2 is 2.05 bits per heavy atom. The Kier molecular flexibility index (Phi) is 5.33. The standard InChI is InChI=1S/C16H19NO3S/c1-3-11-7-5-6-8-13(11)20-10-9-14-17-12(4-2)15(21-14)16(18)19/h5-8H,3-4,9-10H2,1-2H3,(H,18,19). The number of thiazole rings is 1. The second-order valence-corrected chi connectivity index (χ2v) is 5.69. The predicted molar refractivity (Wildman–Crippen MR) is 83.5 cm³/mol. The largest absolute Gasteiger partial charge is 0.493 e. The van der Waals surface area contributed by atoms with Crippen LogP contribution in [0.2, 0.25) is 0 Å². The maximum absolute atomic E-state index is 11.1. The maximum atomic E-state index is 11.1. The van der Waals surface area contributed by atoms with Gasteiger partial charge in [0.25, 0.3) is 0 Å². The maximum Gasteiger partial charge on any atom is 0.347 e. The van der Waals surface area contributed by atoms with Gasteiger partial charge in [-0.2, -0.15) is 0 Å². The molecule has 4 nitrogen and oxygen atoms in total. The van der Waals surface area contributed by atoms with E-state index in [4.69, 9.17) is 9.84 Å². The number of hydrogen-bond donors (Lipinski definition) is 1. The SMILES string of the molecule is CCc1ccccc1OCCc1nc(CC)c(C(=O)O)s1. The number of carboxylic acids is 1. The van der Waals surface area contributed by atoms with Crippen molar-refractivity contribution in [3.8, 4) is 5.75 Å². The first kappa shape index (κ1) is 15.5. The van der Waals surface area contributed by atoms with Crippen molar-refractivity contribution in [2.24, 2.45) is 0 Å². The van der Waals surface area contributed by atoms with Gasteiger partial charge in [-0.05, 0) is 24.5 Å². The summed E-state index contributed by atoms with van der Waals surface area (Å²) >= 11 is 1.25. The number of aryl methyl sites for hydroxylation is 2. The number of nitrogens with zero attached hydrogens (tertiary/aromatic N) is 1. The molecule has 112 valence electrons. The number of carbonyl (C=O) groups is 1. The molecule has 21 heavy (non-hydrogen) atoms. The van der Waals surface area contributed by atoms with Crippen LogP contribution in [0.25, 0.3) is 0 Å². The van der Waals surface area contributed by atoms with Gasteiger partial charge < -0.3 is 9.84 Å². The van der Waals surface area contributed by atoms with Gasteiger partial charge in [0.15, 0.2) is 0 Å². The number of aromatic nitrogens is 1. The van der Waals surface area contributed by atoms with E-state index in [0.29, 0.717) is 30.0 Å². The summed E-state index contributed by atoms with van der Waals surface area (Å²) in [6.07, 6.45) is 2.19. The summed E-state index contributed by atoms with van der Waals surface area (Å²) in [6.45, 7) is 4.52.